The maximum absolute atomic E-state index is 14.0. The number of carbonyl (C=O) groups is 3. The lowest BCUT2D eigenvalue weighted by molar-refractivity contribution is -0.127. The van der Waals surface area contributed by atoms with Crippen LogP contribution in [0, 0.1) is 11.7 Å². The number of halogens is 1. The number of hydrogen-bond donors (Lipinski definition) is 1. The summed E-state index contributed by atoms with van der Waals surface area (Å²) in [5.41, 5.74) is 2.65. The van der Waals surface area contributed by atoms with Crippen LogP contribution >= 0.6 is 0 Å². The summed E-state index contributed by atoms with van der Waals surface area (Å²) in [5.74, 6) is -1.03. The van der Waals surface area contributed by atoms with E-state index in [4.69, 9.17) is 0 Å². The minimum Gasteiger partial charge on any atom is -0.354 e. The number of fused-ring (bicyclic) bond motifs is 1. The molecule has 4 rings (SSSR count). The number of amides is 2. The van der Waals surface area contributed by atoms with Gasteiger partial charge in [-0.1, -0.05) is 43.3 Å². The summed E-state index contributed by atoms with van der Waals surface area (Å²) in [6.45, 7) is 5.80. The zero-order valence-electron chi connectivity index (χ0n) is 21.6. The van der Waals surface area contributed by atoms with Gasteiger partial charge < -0.3 is 5.32 Å². The third-order valence-electron chi connectivity index (χ3n) is 6.24. The molecule has 0 radical (unpaired) electrons. The third kappa shape index (κ3) is 6.11. The van der Waals surface area contributed by atoms with Gasteiger partial charge in [-0.15, -0.1) is 5.10 Å². The van der Waals surface area contributed by atoms with Crippen molar-refractivity contribution in [2.45, 2.75) is 39.8 Å². The normalized spacial score (nSPS) is 11.9. The molecule has 9 heteroatoms. The fourth-order valence-corrected chi connectivity index (χ4v) is 4.18. The quantitative estimate of drug-likeness (QED) is 0.309. The van der Waals surface area contributed by atoms with Crippen molar-refractivity contribution in [3.63, 3.8) is 0 Å². The minimum absolute atomic E-state index is 0.120. The van der Waals surface area contributed by atoms with Crippen molar-refractivity contribution in [3.05, 3.63) is 89.7 Å². The van der Waals surface area contributed by atoms with Crippen molar-refractivity contribution in [2.24, 2.45) is 5.92 Å². The fraction of sp³-hybridized carbons (Fsp3) is 0.276. The molecule has 196 valence electrons. The van der Waals surface area contributed by atoms with Crippen molar-refractivity contribution in [1.82, 2.24) is 20.3 Å². The Hall–Kier alpha value is -4.40. The first kappa shape index (κ1) is 26.7. The number of rotatable bonds is 10. The molecule has 0 aliphatic heterocycles. The van der Waals surface area contributed by atoms with E-state index in [1.165, 1.54) is 40.8 Å². The summed E-state index contributed by atoms with van der Waals surface area (Å²) in [6.07, 6.45) is 0.758. The first-order valence-corrected chi connectivity index (χ1v) is 12.5. The Balaban J connectivity index is 1.77. The van der Waals surface area contributed by atoms with Crippen molar-refractivity contribution >= 4 is 34.3 Å². The Morgan fingerprint density at radius 1 is 0.974 bits per heavy atom. The first-order chi connectivity index (χ1) is 18.2. The summed E-state index contributed by atoms with van der Waals surface area (Å²) in [4.78, 5) is 40.8. The van der Waals surface area contributed by atoms with E-state index < -0.39 is 23.7 Å². The van der Waals surface area contributed by atoms with Crippen molar-refractivity contribution in [3.8, 4) is 0 Å². The molecule has 0 aliphatic rings. The van der Waals surface area contributed by atoms with Crippen LogP contribution in [0.1, 0.15) is 49.2 Å². The highest BCUT2D eigenvalue weighted by Crippen LogP contribution is 2.29. The fourth-order valence-electron chi connectivity index (χ4n) is 4.18. The van der Waals surface area contributed by atoms with Crippen LogP contribution in [0.5, 0.6) is 0 Å². The highest BCUT2D eigenvalue weighted by atomic mass is 19.1. The Bertz CT molecular complexity index is 1430. The number of carbonyl (C=O) groups excluding carboxylic acids is 3. The molecule has 3 aromatic carbocycles. The number of Topliss-reactive ketones (excluding diaryl/α,β-unsaturated/α-hetero) is 1. The molecule has 0 saturated heterocycles. The number of nitrogens with one attached hydrogen (secondary N) is 1. The second-order valence-corrected chi connectivity index (χ2v) is 9.53. The summed E-state index contributed by atoms with van der Waals surface area (Å²) in [6, 6.07) is 18.2. The minimum atomic E-state index is -1.09. The van der Waals surface area contributed by atoms with E-state index in [0.717, 1.165) is 6.42 Å². The highest BCUT2D eigenvalue weighted by molar-refractivity contribution is 6.02. The van der Waals surface area contributed by atoms with E-state index in [1.54, 1.807) is 30.3 Å². The molecule has 0 aliphatic carbocycles. The molecule has 0 fully saturated rings. The van der Waals surface area contributed by atoms with Gasteiger partial charge in [-0.2, -0.15) is 0 Å². The lowest BCUT2D eigenvalue weighted by Crippen LogP contribution is -2.45. The maximum Gasteiger partial charge on any atom is 0.249 e. The predicted octanol–water partition coefficient (Wildman–Crippen LogP) is 4.71. The van der Waals surface area contributed by atoms with Gasteiger partial charge in [0.15, 0.2) is 5.78 Å². The molecular formula is C29H30FN5O3. The van der Waals surface area contributed by atoms with Gasteiger partial charge in [0.1, 0.15) is 23.9 Å². The largest absolute Gasteiger partial charge is 0.354 e. The zero-order chi connectivity index (χ0) is 27.2. The van der Waals surface area contributed by atoms with Crippen LogP contribution in [0.4, 0.5) is 10.1 Å². The van der Waals surface area contributed by atoms with E-state index in [2.05, 4.69) is 29.5 Å². The molecule has 0 saturated carbocycles. The van der Waals surface area contributed by atoms with Gasteiger partial charge in [0.05, 0.1) is 5.52 Å². The summed E-state index contributed by atoms with van der Waals surface area (Å²) >= 11 is 0. The topological polar surface area (TPSA) is 97.2 Å². The van der Waals surface area contributed by atoms with Gasteiger partial charge in [0, 0.05) is 17.8 Å². The van der Waals surface area contributed by atoms with Crippen LogP contribution in [0.25, 0.3) is 11.0 Å². The first-order valence-electron chi connectivity index (χ1n) is 12.5. The van der Waals surface area contributed by atoms with Crippen LogP contribution in [0.15, 0.2) is 72.8 Å². The van der Waals surface area contributed by atoms with Crippen LogP contribution < -0.4 is 10.2 Å². The van der Waals surface area contributed by atoms with Gasteiger partial charge in [-0.3, -0.25) is 19.3 Å². The second kappa shape index (κ2) is 11.8. The Kier molecular flexibility index (Phi) is 8.25. The third-order valence-corrected chi connectivity index (χ3v) is 6.24. The van der Waals surface area contributed by atoms with E-state index in [0.29, 0.717) is 40.3 Å². The molecule has 8 nitrogen and oxygen atoms in total. The number of benzene rings is 3. The monoisotopic (exact) mass is 515 g/mol. The van der Waals surface area contributed by atoms with Crippen molar-refractivity contribution < 1.29 is 18.8 Å². The maximum atomic E-state index is 14.0. The molecule has 2 amide bonds. The average molecular weight is 516 g/mol. The van der Waals surface area contributed by atoms with Gasteiger partial charge in [-0.25, -0.2) is 9.07 Å². The van der Waals surface area contributed by atoms with Gasteiger partial charge >= 0.3 is 0 Å². The molecule has 1 aromatic heterocycles. The van der Waals surface area contributed by atoms with Crippen molar-refractivity contribution in [2.75, 3.05) is 11.4 Å². The number of nitrogens with zero attached hydrogens (tertiary/aromatic N) is 4. The van der Waals surface area contributed by atoms with Crippen molar-refractivity contribution in [1.29, 1.82) is 0 Å². The van der Waals surface area contributed by atoms with E-state index in [9.17, 15) is 18.8 Å². The summed E-state index contributed by atoms with van der Waals surface area (Å²) in [5, 5.41) is 11.2. The molecular weight excluding hydrogens is 485 g/mol. The van der Waals surface area contributed by atoms with Crippen LogP contribution in [0.2, 0.25) is 0 Å². The highest BCUT2D eigenvalue weighted by Gasteiger charge is 2.33. The molecule has 1 atom stereocenters. The lowest BCUT2D eigenvalue weighted by atomic mass is 10.0. The standard InChI is InChI=1S/C29H30FN5O3/c1-19(2)16-17-31-29(38)28(22-8-12-23(30)13-9-22)35(24-14-10-21(11-15-24)20(3)36)27(37)18-34-26-7-5-4-6-25(26)32-33-34/h4-15,19,28H,16-18H2,1-3H3,(H,31,38). The number of para-hydroxylation sites is 1. The molecule has 1 N–H and O–H groups in total. The second-order valence-electron chi connectivity index (χ2n) is 9.53. The number of ketones is 1. The van der Waals surface area contributed by atoms with Gasteiger partial charge in [-0.05, 0) is 73.4 Å². The predicted molar refractivity (Wildman–Crippen MR) is 143 cm³/mol. The smallest absolute Gasteiger partial charge is 0.249 e. The van der Waals surface area contributed by atoms with E-state index >= 15 is 0 Å². The molecule has 1 unspecified atom stereocenters. The van der Waals surface area contributed by atoms with Crippen LogP contribution in [0.3, 0.4) is 0 Å². The Morgan fingerprint density at radius 3 is 2.32 bits per heavy atom. The van der Waals surface area contributed by atoms with Gasteiger partial charge in [0.25, 0.3) is 0 Å². The van der Waals surface area contributed by atoms with Crippen LogP contribution in [-0.2, 0) is 16.1 Å². The molecule has 38 heavy (non-hydrogen) atoms. The Morgan fingerprint density at radius 2 is 1.66 bits per heavy atom. The number of hydrogen-bond acceptors (Lipinski definition) is 5. The molecule has 4 aromatic rings. The lowest BCUT2D eigenvalue weighted by Gasteiger charge is -2.32. The van der Waals surface area contributed by atoms with E-state index in [-0.39, 0.29) is 12.3 Å². The Labute approximate surface area is 220 Å². The molecule has 0 spiro atoms. The molecule has 1 heterocycles. The molecule has 0 bridgehead atoms. The zero-order valence-corrected chi connectivity index (χ0v) is 21.6. The number of anilines is 1. The number of aromatic nitrogens is 3. The van der Waals surface area contributed by atoms with E-state index in [1.807, 2.05) is 18.2 Å². The average Bonchev–Trinajstić information content (AvgIpc) is 3.30. The summed E-state index contributed by atoms with van der Waals surface area (Å²) in [7, 11) is 0. The summed E-state index contributed by atoms with van der Waals surface area (Å²) < 4.78 is 15.3. The van der Waals surface area contributed by atoms with Crippen LogP contribution in [-0.4, -0.2) is 39.1 Å². The van der Waals surface area contributed by atoms with Gasteiger partial charge in [0.2, 0.25) is 11.8 Å². The SMILES string of the molecule is CC(=O)c1ccc(N(C(=O)Cn2nnc3ccccc32)C(C(=O)NCCC(C)C)c2ccc(F)cc2)cc1.